The number of nitrogens with zero attached hydrogens (tertiary/aromatic N) is 5. The Hall–Kier alpha value is -2.31. The summed E-state index contributed by atoms with van der Waals surface area (Å²) in [7, 11) is 1.95. The van der Waals surface area contributed by atoms with Crippen molar-refractivity contribution in [3.05, 3.63) is 47.8 Å². The Morgan fingerprint density at radius 1 is 1.11 bits per heavy atom. The van der Waals surface area contributed by atoms with Crippen LogP contribution in [-0.2, 0) is 13.6 Å². The number of piperazine rings is 1. The number of hydrogen-bond donors (Lipinski definition) is 1. The van der Waals surface area contributed by atoms with Crippen LogP contribution in [0.3, 0.4) is 0 Å². The van der Waals surface area contributed by atoms with E-state index in [-0.39, 0.29) is 12.4 Å². The second-order valence-electron chi connectivity index (χ2n) is 7.74. The van der Waals surface area contributed by atoms with Crippen molar-refractivity contribution in [1.82, 2.24) is 20.1 Å². The molecule has 0 bridgehead atoms. The molecule has 0 amide bonds. The minimum Gasteiger partial charge on any atom is -0.369 e. The highest BCUT2D eigenvalue weighted by atomic mass is 35.5. The Kier molecular flexibility index (Phi) is 5.17. The molecule has 2 aliphatic rings. The lowest BCUT2D eigenvalue weighted by Gasteiger charge is -2.36. The average molecular weight is 399 g/mol. The Bertz CT molecular complexity index is 978. The number of hydrogen-bond acceptors (Lipinski definition) is 5. The first-order valence-corrected chi connectivity index (χ1v) is 9.81. The maximum atomic E-state index is 4.49. The van der Waals surface area contributed by atoms with Crippen LogP contribution >= 0.6 is 12.4 Å². The lowest BCUT2D eigenvalue weighted by molar-refractivity contribution is 0.587. The SMILES string of the molecule is CC1CN(c2ccnc3c2cnn3C)Cc2ccc(N3CCNCC3)cc21.Cl. The fourth-order valence-corrected chi connectivity index (χ4v) is 4.50. The molecule has 2 aliphatic heterocycles. The molecule has 1 atom stereocenters. The third-order valence-electron chi connectivity index (χ3n) is 5.95. The number of halogens is 1. The van der Waals surface area contributed by atoms with E-state index in [2.05, 4.69) is 56.4 Å². The van der Waals surface area contributed by atoms with Crippen LogP contribution in [0.5, 0.6) is 0 Å². The van der Waals surface area contributed by atoms with Gasteiger partial charge >= 0.3 is 0 Å². The summed E-state index contributed by atoms with van der Waals surface area (Å²) in [6, 6.07) is 9.18. The molecule has 2 aromatic heterocycles. The van der Waals surface area contributed by atoms with Crippen LogP contribution in [0.1, 0.15) is 24.0 Å². The van der Waals surface area contributed by atoms with E-state index in [1.54, 1.807) is 0 Å². The molecule has 1 fully saturated rings. The van der Waals surface area contributed by atoms with Crippen LogP contribution in [-0.4, -0.2) is 47.5 Å². The topological polar surface area (TPSA) is 49.2 Å². The molecule has 28 heavy (non-hydrogen) atoms. The number of aromatic nitrogens is 3. The van der Waals surface area contributed by atoms with Crippen molar-refractivity contribution in [2.24, 2.45) is 7.05 Å². The summed E-state index contributed by atoms with van der Waals surface area (Å²) < 4.78 is 1.85. The molecule has 0 aliphatic carbocycles. The van der Waals surface area contributed by atoms with E-state index in [1.165, 1.54) is 22.5 Å². The third-order valence-corrected chi connectivity index (χ3v) is 5.95. The van der Waals surface area contributed by atoms with Gasteiger partial charge in [-0.15, -0.1) is 12.4 Å². The predicted molar refractivity (Wildman–Crippen MR) is 117 cm³/mol. The van der Waals surface area contributed by atoms with Crippen molar-refractivity contribution >= 4 is 34.8 Å². The third kappa shape index (κ3) is 3.20. The highest BCUT2D eigenvalue weighted by molar-refractivity contribution is 5.89. The monoisotopic (exact) mass is 398 g/mol. The zero-order valence-corrected chi connectivity index (χ0v) is 17.2. The summed E-state index contributed by atoms with van der Waals surface area (Å²) in [5.74, 6) is 0.497. The molecule has 1 saturated heterocycles. The van der Waals surface area contributed by atoms with Crippen LogP contribution in [0.4, 0.5) is 11.4 Å². The maximum Gasteiger partial charge on any atom is 0.159 e. The van der Waals surface area contributed by atoms with Gasteiger partial charge in [-0.25, -0.2) is 4.98 Å². The van der Waals surface area contributed by atoms with E-state index >= 15 is 0 Å². The molecular weight excluding hydrogens is 372 g/mol. The van der Waals surface area contributed by atoms with E-state index in [1.807, 2.05) is 24.1 Å². The van der Waals surface area contributed by atoms with E-state index in [0.29, 0.717) is 5.92 Å². The van der Waals surface area contributed by atoms with Crippen molar-refractivity contribution < 1.29 is 0 Å². The number of anilines is 2. The average Bonchev–Trinajstić information content (AvgIpc) is 3.09. The molecule has 7 heteroatoms. The standard InChI is InChI=1S/C21H26N6.ClH/c1-15-13-27(20-5-6-23-21-19(20)12-24-25(21)2)14-16-3-4-17(11-18(15)16)26-9-7-22-8-10-26;/h3-6,11-12,15,22H,7-10,13-14H2,1-2H3;1H. The second-order valence-corrected chi connectivity index (χ2v) is 7.74. The van der Waals surface area contributed by atoms with Gasteiger partial charge in [0.2, 0.25) is 0 Å². The van der Waals surface area contributed by atoms with E-state index in [9.17, 15) is 0 Å². The van der Waals surface area contributed by atoms with Crippen molar-refractivity contribution in [2.45, 2.75) is 19.4 Å². The molecule has 1 N–H and O–H groups in total. The number of benzene rings is 1. The highest BCUT2D eigenvalue weighted by Gasteiger charge is 2.25. The summed E-state index contributed by atoms with van der Waals surface area (Å²) >= 11 is 0. The van der Waals surface area contributed by atoms with Gasteiger partial charge in [0.05, 0.1) is 17.3 Å². The Morgan fingerprint density at radius 2 is 1.93 bits per heavy atom. The highest BCUT2D eigenvalue weighted by Crippen LogP contribution is 2.36. The van der Waals surface area contributed by atoms with Gasteiger partial charge in [-0.2, -0.15) is 5.10 Å². The minimum absolute atomic E-state index is 0. The summed E-state index contributed by atoms with van der Waals surface area (Å²) in [4.78, 5) is 9.46. The first-order valence-electron chi connectivity index (χ1n) is 9.81. The Balaban J connectivity index is 0.00000192. The van der Waals surface area contributed by atoms with E-state index < -0.39 is 0 Å². The zero-order chi connectivity index (χ0) is 18.4. The summed E-state index contributed by atoms with van der Waals surface area (Å²) in [5, 5.41) is 8.96. The van der Waals surface area contributed by atoms with Crippen LogP contribution < -0.4 is 15.1 Å². The Labute approximate surface area is 171 Å². The van der Waals surface area contributed by atoms with Crippen LogP contribution in [0.2, 0.25) is 0 Å². The first kappa shape index (κ1) is 19.0. The van der Waals surface area contributed by atoms with E-state index in [4.69, 9.17) is 0 Å². The molecular formula is C21H27ClN6. The minimum atomic E-state index is 0. The summed E-state index contributed by atoms with van der Waals surface area (Å²) in [5.41, 5.74) is 6.48. The lowest BCUT2D eigenvalue weighted by Crippen LogP contribution is -2.43. The quantitative estimate of drug-likeness (QED) is 0.719. The molecule has 0 saturated carbocycles. The number of fused-ring (bicyclic) bond motifs is 2. The van der Waals surface area contributed by atoms with Gasteiger partial charge in [-0.1, -0.05) is 13.0 Å². The van der Waals surface area contributed by atoms with Crippen LogP contribution in [0.15, 0.2) is 36.7 Å². The van der Waals surface area contributed by atoms with Gasteiger partial charge in [0.15, 0.2) is 5.65 Å². The number of nitrogens with one attached hydrogen (secondary N) is 1. The summed E-state index contributed by atoms with van der Waals surface area (Å²) in [6.07, 6.45) is 3.83. The van der Waals surface area contributed by atoms with Gasteiger partial charge in [-0.3, -0.25) is 4.68 Å². The van der Waals surface area contributed by atoms with Crippen molar-refractivity contribution in [3.8, 4) is 0 Å². The molecule has 6 nitrogen and oxygen atoms in total. The second kappa shape index (κ2) is 7.60. The maximum absolute atomic E-state index is 4.49. The molecule has 4 heterocycles. The predicted octanol–water partition coefficient (Wildman–Crippen LogP) is 2.92. The molecule has 5 rings (SSSR count). The normalized spacial score (nSPS) is 19.4. The number of pyridine rings is 1. The molecule has 3 aromatic rings. The first-order chi connectivity index (χ1) is 13.2. The zero-order valence-electron chi connectivity index (χ0n) is 16.4. The van der Waals surface area contributed by atoms with Crippen molar-refractivity contribution in [3.63, 3.8) is 0 Å². The largest absolute Gasteiger partial charge is 0.369 e. The molecule has 1 aromatic carbocycles. The van der Waals surface area contributed by atoms with Gasteiger partial charge in [-0.05, 0) is 35.2 Å². The molecule has 1 unspecified atom stereocenters. The molecule has 0 radical (unpaired) electrons. The fraction of sp³-hybridized carbons (Fsp3) is 0.429. The smallest absolute Gasteiger partial charge is 0.159 e. The van der Waals surface area contributed by atoms with Crippen molar-refractivity contribution in [1.29, 1.82) is 0 Å². The van der Waals surface area contributed by atoms with Gasteiger partial charge in [0, 0.05) is 58.2 Å². The molecule has 148 valence electrons. The fourth-order valence-electron chi connectivity index (χ4n) is 4.50. The van der Waals surface area contributed by atoms with Crippen molar-refractivity contribution in [2.75, 3.05) is 42.5 Å². The van der Waals surface area contributed by atoms with Crippen LogP contribution in [0, 0.1) is 0 Å². The lowest BCUT2D eigenvalue weighted by atomic mass is 9.90. The van der Waals surface area contributed by atoms with Gasteiger partial charge < -0.3 is 15.1 Å². The Morgan fingerprint density at radius 3 is 2.75 bits per heavy atom. The summed E-state index contributed by atoms with van der Waals surface area (Å²) in [6.45, 7) is 8.63. The number of aryl methyl sites for hydroxylation is 1. The number of rotatable bonds is 2. The van der Waals surface area contributed by atoms with Gasteiger partial charge in [0.25, 0.3) is 0 Å². The van der Waals surface area contributed by atoms with Gasteiger partial charge in [0.1, 0.15) is 0 Å². The van der Waals surface area contributed by atoms with E-state index in [0.717, 1.165) is 50.3 Å². The van der Waals surface area contributed by atoms with Crippen LogP contribution in [0.25, 0.3) is 11.0 Å². The molecule has 0 spiro atoms.